The highest BCUT2D eigenvalue weighted by Crippen LogP contribution is 2.43. The number of carbonyl (C=O) groups is 1. The van der Waals surface area contributed by atoms with Crippen molar-refractivity contribution in [2.24, 2.45) is 5.92 Å². The van der Waals surface area contributed by atoms with Crippen molar-refractivity contribution in [1.82, 2.24) is 0 Å². The van der Waals surface area contributed by atoms with Gasteiger partial charge in [-0.15, -0.1) is 23.1 Å². The third kappa shape index (κ3) is 3.25. The first-order valence-electron chi connectivity index (χ1n) is 8.25. The fourth-order valence-corrected chi connectivity index (χ4v) is 5.98. The summed E-state index contributed by atoms with van der Waals surface area (Å²) < 4.78 is 26.7. The average molecular weight is 377 g/mol. The number of carbonyl (C=O) groups excluding carboxylic acids is 1. The summed E-state index contributed by atoms with van der Waals surface area (Å²) in [4.78, 5) is 15.6. The van der Waals surface area contributed by atoms with Gasteiger partial charge < -0.3 is 5.32 Å². The van der Waals surface area contributed by atoms with Crippen LogP contribution in [0.2, 0.25) is 0 Å². The maximum atomic E-state index is 13.7. The van der Waals surface area contributed by atoms with E-state index in [1.807, 2.05) is 6.08 Å². The smallest absolute Gasteiger partial charge is 0.262 e. The number of anilines is 1. The van der Waals surface area contributed by atoms with Gasteiger partial charge in [0.1, 0.15) is 11.6 Å². The molecule has 0 radical (unpaired) electrons. The Balaban J connectivity index is 1.58. The summed E-state index contributed by atoms with van der Waals surface area (Å²) in [5.74, 6) is -0.282. The fraction of sp³-hybridized carbons (Fsp3) is 0.316. The Bertz CT molecular complexity index is 888. The lowest BCUT2D eigenvalue weighted by Gasteiger charge is -2.20. The number of fused-ring (bicyclic) bond motifs is 3. The Morgan fingerprint density at radius 3 is 2.92 bits per heavy atom. The van der Waals surface area contributed by atoms with Gasteiger partial charge in [-0.05, 0) is 54.5 Å². The number of thiophene rings is 1. The zero-order valence-electron chi connectivity index (χ0n) is 13.7. The summed E-state index contributed by atoms with van der Waals surface area (Å²) in [6.07, 6.45) is 5.38. The Morgan fingerprint density at radius 1 is 1.28 bits per heavy atom. The molecule has 2 aromatic rings. The quantitative estimate of drug-likeness (QED) is 0.761. The molecule has 2 aliphatic rings. The Labute approximate surface area is 153 Å². The topological polar surface area (TPSA) is 29.1 Å². The van der Waals surface area contributed by atoms with Crippen molar-refractivity contribution in [1.29, 1.82) is 0 Å². The number of rotatable bonds is 2. The van der Waals surface area contributed by atoms with Gasteiger partial charge in [-0.2, -0.15) is 0 Å². The molecule has 0 bridgehead atoms. The lowest BCUT2D eigenvalue weighted by Crippen LogP contribution is -2.15. The zero-order valence-corrected chi connectivity index (χ0v) is 15.3. The van der Waals surface area contributed by atoms with E-state index < -0.39 is 11.6 Å². The van der Waals surface area contributed by atoms with Crippen LogP contribution in [0.5, 0.6) is 0 Å². The maximum Gasteiger partial charge on any atom is 0.262 e. The van der Waals surface area contributed by atoms with Gasteiger partial charge in [-0.25, -0.2) is 8.78 Å². The second-order valence-electron chi connectivity index (χ2n) is 6.57. The molecule has 2 heterocycles. The lowest BCUT2D eigenvalue weighted by molar-refractivity contribution is -0.112. The number of amides is 1. The van der Waals surface area contributed by atoms with Gasteiger partial charge in [0.15, 0.2) is 0 Å². The van der Waals surface area contributed by atoms with Crippen molar-refractivity contribution in [3.05, 3.63) is 55.6 Å². The van der Waals surface area contributed by atoms with Crippen LogP contribution in [0.3, 0.4) is 0 Å². The standard InChI is InChI=1S/C19H17F2NOS2/c1-10-2-4-12-13-9-24-18(8-17(13)25-16(12)6-10)19(23)22-15-5-3-11(20)7-14(15)21/h3,5,7-8,10H,2,4,6,9H2,1H3,(H,22,23). The molecule has 1 aromatic heterocycles. The summed E-state index contributed by atoms with van der Waals surface area (Å²) in [6, 6.07) is 3.14. The molecule has 6 heteroatoms. The van der Waals surface area contributed by atoms with Crippen molar-refractivity contribution < 1.29 is 13.6 Å². The first-order valence-corrected chi connectivity index (χ1v) is 10.1. The molecular formula is C19H17F2NOS2. The molecule has 130 valence electrons. The Hall–Kier alpha value is -1.66. The number of hydrogen-bond acceptors (Lipinski definition) is 3. The first-order chi connectivity index (χ1) is 12.0. The monoisotopic (exact) mass is 377 g/mol. The predicted molar refractivity (Wildman–Crippen MR) is 99.8 cm³/mol. The first kappa shape index (κ1) is 16.8. The zero-order chi connectivity index (χ0) is 17.6. The van der Waals surface area contributed by atoms with E-state index in [1.54, 1.807) is 11.3 Å². The summed E-state index contributed by atoms with van der Waals surface area (Å²) >= 11 is 3.26. The summed E-state index contributed by atoms with van der Waals surface area (Å²) in [5.41, 5.74) is 2.84. The highest BCUT2D eigenvalue weighted by molar-refractivity contribution is 8.03. The van der Waals surface area contributed by atoms with Gasteiger partial charge in [0.05, 0.1) is 10.6 Å². The second kappa shape index (κ2) is 6.57. The van der Waals surface area contributed by atoms with E-state index in [4.69, 9.17) is 0 Å². The van der Waals surface area contributed by atoms with Gasteiger partial charge in [0, 0.05) is 21.6 Å². The van der Waals surface area contributed by atoms with Crippen LogP contribution in [0.1, 0.15) is 34.2 Å². The molecule has 0 saturated carbocycles. The summed E-state index contributed by atoms with van der Waals surface area (Å²) in [6.45, 7) is 2.28. The predicted octanol–water partition coefficient (Wildman–Crippen LogP) is 5.38. The van der Waals surface area contributed by atoms with Crippen LogP contribution in [0, 0.1) is 17.6 Å². The number of halogens is 2. The lowest BCUT2D eigenvalue weighted by atomic mass is 9.88. The Kier molecular flexibility index (Phi) is 4.41. The van der Waals surface area contributed by atoms with Crippen LogP contribution in [0.25, 0.3) is 6.08 Å². The fourth-order valence-electron chi connectivity index (χ4n) is 3.33. The van der Waals surface area contributed by atoms with Crippen molar-refractivity contribution in [3.8, 4) is 0 Å². The molecular weight excluding hydrogens is 360 g/mol. The van der Waals surface area contributed by atoms with Crippen LogP contribution in [-0.2, 0) is 23.4 Å². The molecule has 1 unspecified atom stereocenters. The Morgan fingerprint density at radius 2 is 2.12 bits per heavy atom. The largest absolute Gasteiger partial charge is 0.319 e. The van der Waals surface area contributed by atoms with Gasteiger partial charge in [0.25, 0.3) is 5.91 Å². The minimum absolute atomic E-state index is 0.00186. The van der Waals surface area contributed by atoms with E-state index >= 15 is 0 Å². The molecule has 0 saturated heterocycles. The molecule has 1 N–H and O–H groups in total. The molecule has 1 amide bonds. The maximum absolute atomic E-state index is 13.7. The minimum atomic E-state index is -0.768. The molecule has 1 aliphatic carbocycles. The van der Waals surface area contributed by atoms with Gasteiger partial charge in [-0.1, -0.05) is 6.92 Å². The highest BCUT2D eigenvalue weighted by Gasteiger charge is 2.27. The molecule has 2 nitrogen and oxygen atoms in total. The summed E-state index contributed by atoms with van der Waals surface area (Å²) in [5, 5.41) is 2.54. The number of thioether (sulfide) groups is 1. The molecule has 0 spiro atoms. The summed E-state index contributed by atoms with van der Waals surface area (Å²) in [7, 11) is 0. The van der Waals surface area contributed by atoms with Crippen LogP contribution in [-0.4, -0.2) is 5.91 Å². The van der Waals surface area contributed by atoms with E-state index in [-0.39, 0.29) is 11.6 Å². The van der Waals surface area contributed by atoms with Crippen molar-refractivity contribution in [2.75, 3.05) is 5.32 Å². The number of hydrogen-bond donors (Lipinski definition) is 1. The van der Waals surface area contributed by atoms with E-state index in [1.165, 1.54) is 40.3 Å². The van der Waals surface area contributed by atoms with Gasteiger partial charge >= 0.3 is 0 Å². The number of nitrogens with one attached hydrogen (secondary N) is 1. The SMILES string of the molecule is CC1CCc2c(sc3c2CSC(C(=O)Nc2ccc(F)cc2F)=C3)C1. The third-order valence-electron chi connectivity index (χ3n) is 4.69. The van der Waals surface area contributed by atoms with E-state index in [0.29, 0.717) is 10.8 Å². The molecule has 1 aliphatic heterocycles. The van der Waals surface area contributed by atoms with Crippen molar-refractivity contribution in [2.45, 2.75) is 31.9 Å². The van der Waals surface area contributed by atoms with Crippen LogP contribution in [0.4, 0.5) is 14.5 Å². The average Bonchev–Trinajstić information content (AvgIpc) is 2.93. The molecule has 0 fully saturated rings. The normalized spacial score (nSPS) is 19.0. The molecule has 25 heavy (non-hydrogen) atoms. The highest BCUT2D eigenvalue weighted by atomic mass is 32.2. The molecule has 1 aromatic carbocycles. The third-order valence-corrected chi connectivity index (χ3v) is 6.98. The van der Waals surface area contributed by atoms with E-state index in [0.717, 1.165) is 35.6 Å². The second-order valence-corrected chi connectivity index (χ2v) is 8.72. The van der Waals surface area contributed by atoms with Crippen LogP contribution in [0.15, 0.2) is 23.1 Å². The van der Waals surface area contributed by atoms with Crippen LogP contribution >= 0.6 is 23.1 Å². The van der Waals surface area contributed by atoms with Crippen molar-refractivity contribution >= 4 is 40.8 Å². The van der Waals surface area contributed by atoms with E-state index in [2.05, 4.69) is 12.2 Å². The molecule has 1 atom stereocenters. The van der Waals surface area contributed by atoms with Crippen LogP contribution < -0.4 is 5.32 Å². The minimum Gasteiger partial charge on any atom is -0.319 e. The molecule has 4 rings (SSSR count). The number of benzene rings is 1. The van der Waals surface area contributed by atoms with Gasteiger partial charge in [0.2, 0.25) is 0 Å². The van der Waals surface area contributed by atoms with Gasteiger partial charge in [-0.3, -0.25) is 4.79 Å². The van der Waals surface area contributed by atoms with E-state index in [9.17, 15) is 13.6 Å². The van der Waals surface area contributed by atoms with Crippen molar-refractivity contribution in [3.63, 3.8) is 0 Å².